The topological polar surface area (TPSA) is 78.5 Å². The van der Waals surface area contributed by atoms with Crippen LogP contribution in [0, 0.1) is 0 Å². The van der Waals surface area contributed by atoms with Gasteiger partial charge in [0.2, 0.25) is 5.91 Å². The fourth-order valence-electron chi connectivity index (χ4n) is 1.97. The molecule has 0 fully saturated rings. The summed E-state index contributed by atoms with van der Waals surface area (Å²) in [6.45, 7) is 0.649. The molecule has 7 heteroatoms. The fraction of sp³-hybridized carbons (Fsp3) is 0.308. The number of likely N-dealkylation sites (N-methyl/N-ethyl adjacent to an activating group) is 1. The number of hydrogen-bond donors (Lipinski definition) is 2. The molecule has 20 heavy (non-hydrogen) atoms. The van der Waals surface area contributed by atoms with Gasteiger partial charge in [0, 0.05) is 13.1 Å². The van der Waals surface area contributed by atoms with E-state index in [9.17, 15) is 14.4 Å². The molecule has 0 saturated carbocycles. The van der Waals surface area contributed by atoms with Crippen molar-refractivity contribution in [1.29, 1.82) is 0 Å². The summed E-state index contributed by atoms with van der Waals surface area (Å²) in [5.74, 6) is -0.772. The van der Waals surface area contributed by atoms with Gasteiger partial charge in [-0.05, 0) is 19.2 Å². The Labute approximate surface area is 122 Å². The molecule has 1 aromatic rings. The van der Waals surface area contributed by atoms with Crippen LogP contribution in [0.5, 0.6) is 0 Å². The van der Waals surface area contributed by atoms with Crippen LogP contribution in [-0.2, 0) is 4.79 Å². The number of halogens is 1. The molecular formula is C13H16ClN3O3. The van der Waals surface area contributed by atoms with E-state index in [1.165, 1.54) is 0 Å². The lowest BCUT2D eigenvalue weighted by atomic mass is 10.1. The fourth-order valence-corrected chi connectivity index (χ4v) is 1.97. The lowest BCUT2D eigenvalue weighted by molar-refractivity contribution is -0.120. The maximum absolute atomic E-state index is 12.0. The molecule has 0 radical (unpaired) electrons. The first-order valence-electron chi connectivity index (χ1n) is 6.01. The molecule has 0 saturated heterocycles. The Morgan fingerprint density at radius 2 is 1.70 bits per heavy atom. The first-order chi connectivity index (χ1) is 9.15. The molecule has 1 heterocycles. The number of hydrogen-bond acceptors (Lipinski definition) is 4. The Morgan fingerprint density at radius 3 is 2.20 bits per heavy atom. The van der Waals surface area contributed by atoms with Gasteiger partial charge in [-0.1, -0.05) is 12.1 Å². The lowest BCUT2D eigenvalue weighted by Gasteiger charge is -2.14. The summed E-state index contributed by atoms with van der Waals surface area (Å²) in [6, 6.07) is 6.72. The van der Waals surface area contributed by atoms with Gasteiger partial charge in [0.05, 0.1) is 17.7 Å². The van der Waals surface area contributed by atoms with Gasteiger partial charge >= 0.3 is 0 Å². The summed E-state index contributed by atoms with van der Waals surface area (Å²) in [5.41, 5.74) is 0.850. The number of benzene rings is 1. The molecule has 0 spiro atoms. The quantitative estimate of drug-likeness (QED) is 0.752. The van der Waals surface area contributed by atoms with E-state index in [-0.39, 0.29) is 49.8 Å². The third-order valence-corrected chi connectivity index (χ3v) is 2.87. The number of nitrogens with one attached hydrogen (secondary N) is 2. The Morgan fingerprint density at radius 1 is 1.15 bits per heavy atom. The van der Waals surface area contributed by atoms with E-state index in [1.807, 2.05) is 0 Å². The lowest BCUT2D eigenvalue weighted by Crippen LogP contribution is -2.40. The van der Waals surface area contributed by atoms with Gasteiger partial charge in [0.15, 0.2) is 0 Å². The second-order valence-electron chi connectivity index (χ2n) is 4.19. The van der Waals surface area contributed by atoms with Crippen LogP contribution < -0.4 is 10.6 Å². The Hall–Kier alpha value is -1.92. The SMILES string of the molecule is CNCC(=O)NCCN1C(=O)c2ccccc2C1=O.Cl. The van der Waals surface area contributed by atoms with Crippen molar-refractivity contribution in [2.45, 2.75) is 0 Å². The highest BCUT2D eigenvalue weighted by atomic mass is 35.5. The average molecular weight is 298 g/mol. The van der Waals surface area contributed by atoms with Crippen LogP contribution in [-0.4, -0.2) is 49.3 Å². The Kier molecular flexibility index (Phi) is 5.66. The average Bonchev–Trinajstić information content (AvgIpc) is 2.65. The highest BCUT2D eigenvalue weighted by Gasteiger charge is 2.34. The molecule has 108 valence electrons. The van der Waals surface area contributed by atoms with Crippen molar-refractivity contribution in [3.05, 3.63) is 35.4 Å². The van der Waals surface area contributed by atoms with Gasteiger partial charge in [0.1, 0.15) is 0 Å². The van der Waals surface area contributed by atoms with Crippen molar-refractivity contribution in [2.75, 3.05) is 26.7 Å². The second-order valence-corrected chi connectivity index (χ2v) is 4.19. The smallest absolute Gasteiger partial charge is 0.261 e. The summed E-state index contributed by atoms with van der Waals surface area (Å²) >= 11 is 0. The minimum atomic E-state index is -0.302. The summed E-state index contributed by atoms with van der Waals surface area (Å²) in [5, 5.41) is 5.35. The first-order valence-corrected chi connectivity index (χ1v) is 6.01. The second kappa shape index (κ2) is 7.02. The number of rotatable bonds is 5. The number of carbonyl (C=O) groups excluding carboxylic acids is 3. The molecule has 0 unspecified atom stereocenters. The van der Waals surface area contributed by atoms with E-state index >= 15 is 0 Å². The third-order valence-electron chi connectivity index (χ3n) is 2.87. The van der Waals surface area contributed by atoms with Crippen molar-refractivity contribution in [1.82, 2.24) is 15.5 Å². The van der Waals surface area contributed by atoms with Crippen molar-refractivity contribution in [3.63, 3.8) is 0 Å². The summed E-state index contributed by atoms with van der Waals surface area (Å²) < 4.78 is 0. The number of nitrogens with zero attached hydrogens (tertiary/aromatic N) is 1. The number of carbonyl (C=O) groups is 3. The molecule has 3 amide bonds. The van der Waals surface area contributed by atoms with Gasteiger partial charge in [0.25, 0.3) is 11.8 Å². The van der Waals surface area contributed by atoms with Gasteiger partial charge in [-0.25, -0.2) is 0 Å². The van der Waals surface area contributed by atoms with Crippen molar-refractivity contribution in [2.24, 2.45) is 0 Å². The maximum atomic E-state index is 12.0. The van der Waals surface area contributed by atoms with Crippen LogP contribution in [0.25, 0.3) is 0 Å². The summed E-state index contributed by atoms with van der Waals surface area (Å²) in [4.78, 5) is 36.4. The van der Waals surface area contributed by atoms with E-state index in [0.29, 0.717) is 11.1 Å². The van der Waals surface area contributed by atoms with Crippen LogP contribution in [0.15, 0.2) is 24.3 Å². The summed E-state index contributed by atoms with van der Waals surface area (Å²) in [7, 11) is 1.67. The van der Waals surface area contributed by atoms with E-state index in [2.05, 4.69) is 10.6 Å². The van der Waals surface area contributed by atoms with Crippen molar-refractivity contribution < 1.29 is 14.4 Å². The van der Waals surface area contributed by atoms with E-state index in [0.717, 1.165) is 4.90 Å². The van der Waals surface area contributed by atoms with Gasteiger partial charge in [-0.15, -0.1) is 12.4 Å². The molecular weight excluding hydrogens is 282 g/mol. The number of amides is 3. The molecule has 1 aromatic carbocycles. The largest absolute Gasteiger partial charge is 0.353 e. The molecule has 0 aliphatic carbocycles. The van der Waals surface area contributed by atoms with Crippen LogP contribution >= 0.6 is 12.4 Å². The highest BCUT2D eigenvalue weighted by Crippen LogP contribution is 2.21. The predicted octanol–water partition coefficient (Wildman–Crippen LogP) is 0.0400. The standard InChI is InChI=1S/C13H15N3O3.ClH/c1-14-8-11(17)15-6-7-16-12(18)9-4-2-3-5-10(9)13(16)19;/h2-5,14H,6-8H2,1H3,(H,15,17);1H. The Bertz CT molecular complexity index is 498. The van der Waals surface area contributed by atoms with Crippen LogP contribution in [0.3, 0.4) is 0 Å². The van der Waals surface area contributed by atoms with E-state index in [1.54, 1.807) is 31.3 Å². The van der Waals surface area contributed by atoms with E-state index in [4.69, 9.17) is 0 Å². The molecule has 1 aliphatic rings. The Balaban J connectivity index is 0.00000200. The first kappa shape index (κ1) is 16.1. The van der Waals surface area contributed by atoms with E-state index < -0.39 is 0 Å². The van der Waals surface area contributed by atoms with Crippen molar-refractivity contribution in [3.8, 4) is 0 Å². The normalized spacial score (nSPS) is 12.9. The molecule has 2 rings (SSSR count). The van der Waals surface area contributed by atoms with Crippen LogP contribution in [0.4, 0.5) is 0 Å². The zero-order valence-corrected chi connectivity index (χ0v) is 11.8. The number of fused-ring (bicyclic) bond motifs is 1. The van der Waals surface area contributed by atoms with Gasteiger partial charge < -0.3 is 10.6 Å². The maximum Gasteiger partial charge on any atom is 0.261 e. The molecule has 0 bridgehead atoms. The van der Waals surface area contributed by atoms with Crippen LogP contribution in [0.1, 0.15) is 20.7 Å². The zero-order chi connectivity index (χ0) is 13.8. The third kappa shape index (κ3) is 3.15. The van der Waals surface area contributed by atoms with Gasteiger partial charge in [-0.2, -0.15) is 0 Å². The molecule has 2 N–H and O–H groups in total. The predicted molar refractivity (Wildman–Crippen MR) is 76.0 cm³/mol. The van der Waals surface area contributed by atoms with Crippen LogP contribution in [0.2, 0.25) is 0 Å². The molecule has 6 nitrogen and oxygen atoms in total. The van der Waals surface area contributed by atoms with Gasteiger partial charge in [-0.3, -0.25) is 19.3 Å². The number of imide groups is 1. The molecule has 0 atom stereocenters. The highest BCUT2D eigenvalue weighted by molar-refractivity contribution is 6.21. The minimum Gasteiger partial charge on any atom is -0.353 e. The van der Waals surface area contributed by atoms with Crippen molar-refractivity contribution >= 4 is 30.1 Å². The minimum absolute atomic E-state index is 0. The molecule has 0 aromatic heterocycles. The monoisotopic (exact) mass is 297 g/mol. The molecule has 1 aliphatic heterocycles. The zero-order valence-electron chi connectivity index (χ0n) is 11.0. The summed E-state index contributed by atoms with van der Waals surface area (Å²) in [6.07, 6.45) is 0.